The summed E-state index contributed by atoms with van der Waals surface area (Å²) in [5.74, 6) is -0.884. The number of carbonyl (C=O) groups excluding carboxylic acids is 1. The molecule has 1 unspecified atom stereocenters. The van der Waals surface area contributed by atoms with Gasteiger partial charge >= 0.3 is 12.1 Å². The van der Waals surface area contributed by atoms with Crippen molar-refractivity contribution >= 4 is 32.5 Å². The molecule has 42 heavy (non-hydrogen) atoms. The molecule has 0 fully saturated rings. The zero-order valence-electron chi connectivity index (χ0n) is 22.8. The molecule has 0 spiro atoms. The smallest absolute Gasteiger partial charge is 0.416 e. The largest absolute Gasteiger partial charge is 0.467 e. The first-order chi connectivity index (χ1) is 19.9. The van der Waals surface area contributed by atoms with Gasteiger partial charge in [0.15, 0.2) is 5.03 Å². The molecule has 2 heterocycles. The number of alkyl halides is 3. The van der Waals surface area contributed by atoms with E-state index < -0.39 is 44.4 Å². The van der Waals surface area contributed by atoms with Crippen molar-refractivity contribution in [3.8, 4) is 11.1 Å². The second-order valence-corrected chi connectivity index (χ2v) is 11.9. The van der Waals surface area contributed by atoms with Gasteiger partial charge in [-0.15, -0.1) is 0 Å². The first-order valence-electron chi connectivity index (χ1n) is 13.2. The molecule has 4 aromatic rings. The minimum atomic E-state index is -4.73. The molecule has 1 aliphatic heterocycles. The molecule has 12 heteroatoms. The van der Waals surface area contributed by atoms with Crippen molar-refractivity contribution in [3.63, 3.8) is 0 Å². The average Bonchev–Trinajstić information content (AvgIpc) is 2.96. The third kappa shape index (κ3) is 4.94. The minimum absolute atomic E-state index is 0.00901. The molecule has 3 aromatic carbocycles. The van der Waals surface area contributed by atoms with Crippen LogP contribution in [0.25, 0.3) is 21.9 Å². The van der Waals surface area contributed by atoms with Gasteiger partial charge in [0.05, 0.1) is 12.7 Å². The van der Waals surface area contributed by atoms with Gasteiger partial charge in [-0.3, -0.25) is 9.36 Å². The number of ether oxygens (including phenoxy) is 1. The third-order valence-corrected chi connectivity index (χ3v) is 9.35. The maximum atomic E-state index is 14.2. The lowest BCUT2D eigenvalue weighted by Crippen LogP contribution is -2.50. The second kappa shape index (κ2) is 10.9. The summed E-state index contributed by atoms with van der Waals surface area (Å²) in [6.07, 6.45) is -4.41. The van der Waals surface area contributed by atoms with Crippen molar-refractivity contribution in [2.75, 3.05) is 25.9 Å². The highest BCUT2D eigenvalue weighted by molar-refractivity contribution is 7.89. The Kier molecular flexibility index (Phi) is 7.62. The van der Waals surface area contributed by atoms with Gasteiger partial charge in [0, 0.05) is 25.1 Å². The molecule has 0 amide bonds. The summed E-state index contributed by atoms with van der Waals surface area (Å²) in [6, 6.07) is 15.6. The van der Waals surface area contributed by atoms with Crippen LogP contribution in [-0.2, 0) is 32.2 Å². The maximum Gasteiger partial charge on any atom is 0.416 e. The number of hydrogen-bond acceptors (Lipinski definition) is 6. The lowest BCUT2D eigenvalue weighted by molar-refractivity contribution is -0.145. The van der Waals surface area contributed by atoms with Crippen LogP contribution in [0.4, 0.5) is 18.9 Å². The summed E-state index contributed by atoms with van der Waals surface area (Å²) in [5, 5.41) is 1.08. The van der Waals surface area contributed by atoms with Crippen LogP contribution in [0.15, 0.2) is 76.6 Å². The van der Waals surface area contributed by atoms with E-state index in [0.717, 1.165) is 45.0 Å². The number of halogens is 3. The zero-order valence-corrected chi connectivity index (χ0v) is 23.6. The number of esters is 1. The number of pyridine rings is 1. The van der Waals surface area contributed by atoms with Gasteiger partial charge in [0.2, 0.25) is 0 Å². The molecule has 0 aliphatic carbocycles. The Morgan fingerprint density at radius 2 is 1.76 bits per heavy atom. The Labute approximate surface area is 240 Å². The molecule has 220 valence electrons. The highest BCUT2D eigenvalue weighted by atomic mass is 32.2. The lowest BCUT2D eigenvalue weighted by Gasteiger charge is -2.36. The summed E-state index contributed by atoms with van der Waals surface area (Å²) in [5.41, 5.74) is 4.57. The fourth-order valence-electron chi connectivity index (χ4n) is 5.51. The number of nitrogen functional groups attached to an aromatic ring is 1. The Hall–Kier alpha value is -4.16. The number of nitrogens with two attached hydrogens (primary N) is 1. The van der Waals surface area contributed by atoms with Gasteiger partial charge in [0.25, 0.3) is 15.6 Å². The van der Waals surface area contributed by atoms with E-state index in [1.165, 1.54) is 6.07 Å². The van der Waals surface area contributed by atoms with E-state index in [-0.39, 0.29) is 41.9 Å². The van der Waals surface area contributed by atoms with E-state index in [2.05, 4.69) is 0 Å². The van der Waals surface area contributed by atoms with Crippen LogP contribution >= 0.6 is 0 Å². The lowest BCUT2D eigenvalue weighted by atomic mass is 9.92. The molecule has 2 N–H and O–H groups in total. The van der Waals surface area contributed by atoms with E-state index in [9.17, 15) is 31.2 Å². The van der Waals surface area contributed by atoms with Crippen molar-refractivity contribution in [2.45, 2.75) is 37.0 Å². The quantitative estimate of drug-likeness (QED) is 0.313. The number of aromatic nitrogens is 1. The summed E-state index contributed by atoms with van der Waals surface area (Å²) in [6.45, 7) is 1.36. The molecule has 0 saturated carbocycles. The number of anilines is 1. The molecule has 8 nitrogen and oxygen atoms in total. The maximum absolute atomic E-state index is 14.2. The van der Waals surface area contributed by atoms with Gasteiger partial charge in [-0.1, -0.05) is 61.5 Å². The van der Waals surface area contributed by atoms with Crippen LogP contribution in [0.3, 0.4) is 0 Å². The number of methoxy groups -OCH3 is 1. The number of nitrogens with zero attached hydrogens (tertiary/aromatic N) is 2. The molecule has 0 saturated heterocycles. The fraction of sp³-hybridized carbons (Fsp3) is 0.267. The Bertz CT molecular complexity index is 1860. The molecule has 0 radical (unpaired) electrons. The minimum Gasteiger partial charge on any atom is -0.467 e. The van der Waals surface area contributed by atoms with Crippen LogP contribution in [0.2, 0.25) is 0 Å². The molecular formula is C30H28F3N3O5S. The second-order valence-electron chi connectivity index (χ2n) is 10.0. The Morgan fingerprint density at radius 1 is 1.07 bits per heavy atom. The van der Waals surface area contributed by atoms with Gasteiger partial charge in [0.1, 0.15) is 11.7 Å². The van der Waals surface area contributed by atoms with Crippen LogP contribution in [0.1, 0.15) is 36.1 Å². The normalized spacial score (nSPS) is 16.7. The van der Waals surface area contributed by atoms with Crippen molar-refractivity contribution in [3.05, 3.63) is 93.8 Å². The van der Waals surface area contributed by atoms with E-state index in [4.69, 9.17) is 10.5 Å². The molecular weight excluding hydrogens is 571 g/mol. The number of carbonyl (C=O) groups is 1. The van der Waals surface area contributed by atoms with Crippen molar-refractivity contribution in [1.82, 2.24) is 8.87 Å². The van der Waals surface area contributed by atoms with Crippen LogP contribution in [0, 0.1) is 0 Å². The summed E-state index contributed by atoms with van der Waals surface area (Å²) in [7, 11) is -3.39. The van der Waals surface area contributed by atoms with Crippen molar-refractivity contribution in [1.29, 1.82) is 0 Å². The Morgan fingerprint density at radius 3 is 2.45 bits per heavy atom. The predicted octanol–water partition coefficient (Wildman–Crippen LogP) is 4.99. The third-order valence-electron chi connectivity index (χ3n) is 7.45. The van der Waals surface area contributed by atoms with Crippen molar-refractivity contribution < 1.29 is 31.1 Å². The highest BCUT2D eigenvalue weighted by Gasteiger charge is 2.44. The van der Waals surface area contributed by atoms with E-state index in [1.54, 1.807) is 19.1 Å². The summed E-state index contributed by atoms with van der Waals surface area (Å²) < 4.78 is 76.6. The predicted molar refractivity (Wildman–Crippen MR) is 152 cm³/mol. The molecule has 1 aromatic heterocycles. The van der Waals surface area contributed by atoms with Gasteiger partial charge in [-0.25, -0.2) is 13.2 Å². The number of fused-ring (bicyclic) bond motifs is 2. The molecule has 5 rings (SSSR count). The summed E-state index contributed by atoms with van der Waals surface area (Å²) >= 11 is 0. The van der Waals surface area contributed by atoms with Crippen LogP contribution in [-0.4, -0.2) is 43.5 Å². The number of rotatable bonds is 6. The van der Waals surface area contributed by atoms with Gasteiger partial charge < -0.3 is 10.5 Å². The fourth-order valence-corrected chi connectivity index (χ4v) is 7.48. The number of sulfonamides is 1. The van der Waals surface area contributed by atoms with Crippen molar-refractivity contribution in [2.24, 2.45) is 0 Å². The average molecular weight is 600 g/mol. The number of benzene rings is 3. The first-order valence-corrected chi connectivity index (χ1v) is 14.6. The van der Waals surface area contributed by atoms with E-state index >= 15 is 0 Å². The SMILES string of the molecule is CCCN1CC(C(=O)OC)n2c(c(-c3cccc(C(F)(F)F)c3)c(Cc3cccc4ccccc34)c(N)c2=O)S1(=O)=O. The molecule has 0 bridgehead atoms. The van der Waals surface area contributed by atoms with E-state index in [0.29, 0.717) is 12.0 Å². The van der Waals surface area contributed by atoms with Gasteiger partial charge in [-0.2, -0.15) is 17.5 Å². The Balaban J connectivity index is 1.93. The van der Waals surface area contributed by atoms with E-state index in [1.807, 2.05) is 30.3 Å². The standard InChI is InChI=1S/C30H28F3N3O5S/c1-3-14-35-17-24(29(38)41-2)36-27(37)26(34)23(16-19-10-6-9-18-8-4-5-13-22(18)19)25(28(36)42(35,39)40)20-11-7-12-21(15-20)30(31,32)33/h4-13,15,24H,3,14,16-17,34H2,1-2H3. The number of hydrogen-bond donors (Lipinski definition) is 1. The topological polar surface area (TPSA) is 112 Å². The molecule has 1 atom stereocenters. The highest BCUT2D eigenvalue weighted by Crippen LogP contribution is 2.42. The molecule has 1 aliphatic rings. The van der Waals surface area contributed by atoms with Gasteiger partial charge in [-0.05, 0) is 46.0 Å². The zero-order chi connectivity index (χ0) is 30.4. The first kappa shape index (κ1) is 29.3. The monoisotopic (exact) mass is 599 g/mol. The summed E-state index contributed by atoms with van der Waals surface area (Å²) in [4.78, 5) is 26.8. The van der Waals surface area contributed by atoms with Crippen LogP contribution < -0.4 is 11.3 Å². The van der Waals surface area contributed by atoms with Crippen LogP contribution in [0.5, 0.6) is 0 Å².